The number of carbonyl (C=O) groups excluding carboxylic acids is 1. The first-order chi connectivity index (χ1) is 7.47. The zero-order valence-electron chi connectivity index (χ0n) is 10.4. The first-order valence-electron chi connectivity index (χ1n) is 5.60. The van der Waals surface area contributed by atoms with Crippen molar-refractivity contribution in [2.75, 3.05) is 13.6 Å². The van der Waals surface area contributed by atoms with E-state index in [1.54, 1.807) is 6.92 Å². The van der Waals surface area contributed by atoms with E-state index in [-0.39, 0.29) is 11.9 Å². The molecule has 3 N–H and O–H groups in total. The number of rotatable bonds is 5. The van der Waals surface area contributed by atoms with E-state index in [0.717, 1.165) is 16.8 Å². The van der Waals surface area contributed by atoms with Gasteiger partial charge in [-0.15, -0.1) is 0 Å². The zero-order chi connectivity index (χ0) is 12.3. The summed E-state index contributed by atoms with van der Waals surface area (Å²) in [7, 11) is 1.93. The quantitative estimate of drug-likeness (QED) is 0.685. The molecule has 1 aromatic rings. The van der Waals surface area contributed by atoms with E-state index >= 15 is 0 Å². The highest BCUT2D eigenvalue weighted by molar-refractivity contribution is 5.96. The molecule has 0 aliphatic carbocycles. The second kappa shape index (κ2) is 5.27. The predicted octanol–water partition coefficient (Wildman–Crippen LogP) is -0.138. The van der Waals surface area contributed by atoms with Crippen molar-refractivity contribution in [2.24, 2.45) is 0 Å². The molecule has 0 saturated carbocycles. The Morgan fingerprint density at radius 1 is 1.56 bits per heavy atom. The van der Waals surface area contributed by atoms with Crippen LogP contribution < -0.4 is 5.32 Å². The Morgan fingerprint density at radius 2 is 2.19 bits per heavy atom. The molecule has 4 nitrogen and oxygen atoms in total. The number of ketones is 1. The van der Waals surface area contributed by atoms with Crippen LogP contribution >= 0.6 is 0 Å². The lowest BCUT2D eigenvalue weighted by molar-refractivity contribution is -0.634. The third-order valence-corrected chi connectivity index (χ3v) is 2.80. The van der Waals surface area contributed by atoms with Gasteiger partial charge in [0.25, 0.3) is 0 Å². The Balaban J connectivity index is 2.90. The lowest BCUT2D eigenvalue weighted by Gasteiger charge is -2.11. The largest absolute Gasteiger partial charge is 0.385 e. The molecule has 0 amide bonds. The molecular weight excluding hydrogens is 204 g/mol. The monoisotopic (exact) mass is 225 g/mol. The van der Waals surface area contributed by atoms with E-state index in [9.17, 15) is 9.90 Å². The van der Waals surface area contributed by atoms with E-state index in [0.29, 0.717) is 13.1 Å². The second-order valence-electron chi connectivity index (χ2n) is 4.28. The molecule has 0 saturated heterocycles. The molecule has 4 heteroatoms. The minimum Gasteiger partial charge on any atom is -0.385 e. The fourth-order valence-corrected chi connectivity index (χ4v) is 2.12. The maximum absolute atomic E-state index is 11.4. The van der Waals surface area contributed by atoms with Gasteiger partial charge in [0.1, 0.15) is 12.6 Å². The highest BCUT2D eigenvalue weighted by atomic mass is 16.3. The first kappa shape index (κ1) is 12.9. The highest BCUT2D eigenvalue weighted by Crippen LogP contribution is 2.17. The molecule has 0 radical (unpaired) electrons. The van der Waals surface area contributed by atoms with E-state index in [4.69, 9.17) is 0 Å². The Kier molecular flexibility index (Phi) is 4.26. The summed E-state index contributed by atoms with van der Waals surface area (Å²) in [6.45, 7) is 6.65. The topological polar surface area (TPSA) is 58.8 Å². The number of hydrogen-bond donors (Lipinski definition) is 2. The normalized spacial score (nSPS) is 12.8. The van der Waals surface area contributed by atoms with Crippen molar-refractivity contribution in [2.45, 2.75) is 33.4 Å². The van der Waals surface area contributed by atoms with Gasteiger partial charge >= 0.3 is 0 Å². The number of aliphatic hydroxyl groups is 1. The molecule has 1 aromatic heterocycles. The second-order valence-corrected chi connectivity index (χ2v) is 4.28. The van der Waals surface area contributed by atoms with Crippen molar-refractivity contribution in [3.05, 3.63) is 23.0 Å². The van der Waals surface area contributed by atoms with Gasteiger partial charge in [0, 0.05) is 17.5 Å². The van der Waals surface area contributed by atoms with Gasteiger partial charge in [0.2, 0.25) is 0 Å². The number of aryl methyl sites for hydroxylation is 1. The molecular formula is C12H21N2O2+. The van der Waals surface area contributed by atoms with E-state index in [2.05, 4.69) is 0 Å². The molecule has 90 valence electrons. The molecule has 0 spiro atoms. The van der Waals surface area contributed by atoms with Crippen molar-refractivity contribution in [1.82, 2.24) is 4.57 Å². The molecule has 0 bridgehead atoms. The molecule has 0 aliphatic rings. The lowest BCUT2D eigenvalue weighted by atomic mass is 10.1. The summed E-state index contributed by atoms with van der Waals surface area (Å²) >= 11 is 0. The van der Waals surface area contributed by atoms with Crippen LogP contribution in [0.1, 0.15) is 28.5 Å². The van der Waals surface area contributed by atoms with E-state index in [1.807, 2.05) is 37.0 Å². The van der Waals surface area contributed by atoms with Crippen LogP contribution in [0.15, 0.2) is 6.20 Å². The average molecular weight is 225 g/mol. The zero-order valence-corrected chi connectivity index (χ0v) is 10.4. The van der Waals surface area contributed by atoms with Crippen LogP contribution in [0, 0.1) is 13.8 Å². The van der Waals surface area contributed by atoms with Crippen molar-refractivity contribution >= 4 is 5.78 Å². The van der Waals surface area contributed by atoms with Crippen molar-refractivity contribution in [3.63, 3.8) is 0 Å². The smallest absolute Gasteiger partial charge is 0.161 e. The van der Waals surface area contributed by atoms with Crippen LogP contribution in [0.3, 0.4) is 0 Å². The summed E-state index contributed by atoms with van der Waals surface area (Å²) in [5.41, 5.74) is 2.71. The Labute approximate surface area is 96.3 Å². The van der Waals surface area contributed by atoms with E-state index in [1.165, 1.54) is 0 Å². The third-order valence-electron chi connectivity index (χ3n) is 2.80. The van der Waals surface area contributed by atoms with Gasteiger partial charge < -0.3 is 15.0 Å². The molecule has 16 heavy (non-hydrogen) atoms. The molecule has 0 unspecified atom stereocenters. The molecule has 0 aliphatic heterocycles. The van der Waals surface area contributed by atoms with Crippen LogP contribution in [0.2, 0.25) is 0 Å². The maximum atomic E-state index is 11.4. The van der Waals surface area contributed by atoms with E-state index < -0.39 is 0 Å². The minimum atomic E-state index is -0.379. The number of carbonyl (C=O) groups is 1. The number of quaternary nitrogens is 1. The summed E-state index contributed by atoms with van der Waals surface area (Å²) in [5.74, 6) is 0.0882. The van der Waals surface area contributed by atoms with Crippen LogP contribution in [-0.4, -0.2) is 35.2 Å². The fraction of sp³-hybridized carbons (Fsp3) is 0.583. The van der Waals surface area contributed by atoms with Gasteiger partial charge in [-0.2, -0.15) is 0 Å². The summed E-state index contributed by atoms with van der Waals surface area (Å²) < 4.78 is 1.96. The maximum Gasteiger partial charge on any atom is 0.161 e. The predicted molar refractivity (Wildman–Crippen MR) is 62.6 cm³/mol. The van der Waals surface area contributed by atoms with Gasteiger partial charge in [0.15, 0.2) is 5.78 Å². The number of nitrogens with two attached hydrogens (primary N) is 1. The number of nitrogens with zero attached hydrogens (tertiary/aromatic N) is 1. The number of Topliss-reactive ketones (excluding diaryl/α,β-unsaturated/α-hetero) is 1. The standard InChI is InChI=1S/C12H20N2O2/c1-8-6-14(7-11(16)5-13-4)9(2)12(8)10(3)15/h6,11,13,16H,5,7H2,1-4H3/p+1/t11-/m1/s1. The minimum absolute atomic E-state index is 0.0882. The van der Waals surface area contributed by atoms with Crippen molar-refractivity contribution in [1.29, 1.82) is 0 Å². The summed E-state index contributed by atoms with van der Waals surface area (Å²) in [5, 5.41) is 11.7. The Morgan fingerprint density at radius 3 is 2.62 bits per heavy atom. The average Bonchev–Trinajstić information content (AvgIpc) is 2.42. The highest BCUT2D eigenvalue weighted by Gasteiger charge is 2.15. The number of hydrogen-bond acceptors (Lipinski definition) is 2. The number of aliphatic hydroxyl groups excluding tert-OH is 1. The first-order valence-corrected chi connectivity index (χ1v) is 5.60. The molecule has 0 fully saturated rings. The SMILES string of the molecule is C[NH2+]C[C@@H](O)Cn1cc(C)c(C(C)=O)c1C. The van der Waals surface area contributed by atoms with Gasteiger partial charge in [-0.3, -0.25) is 4.79 Å². The molecule has 1 atom stereocenters. The Bertz CT molecular complexity index is 383. The van der Waals surface area contributed by atoms with Crippen molar-refractivity contribution < 1.29 is 15.2 Å². The third kappa shape index (κ3) is 2.71. The number of likely N-dealkylation sites (N-methyl/N-ethyl adjacent to an activating group) is 1. The lowest BCUT2D eigenvalue weighted by Crippen LogP contribution is -2.82. The summed E-state index contributed by atoms with van der Waals surface area (Å²) in [4.78, 5) is 11.4. The van der Waals surface area contributed by atoms with Gasteiger partial charge in [0.05, 0.1) is 13.6 Å². The van der Waals surface area contributed by atoms with Crippen molar-refractivity contribution in [3.8, 4) is 0 Å². The van der Waals surface area contributed by atoms with Crippen LogP contribution in [-0.2, 0) is 6.54 Å². The summed E-state index contributed by atoms with van der Waals surface area (Å²) in [6, 6.07) is 0. The van der Waals surface area contributed by atoms with Gasteiger partial charge in [-0.05, 0) is 26.3 Å². The van der Waals surface area contributed by atoms with Gasteiger partial charge in [-0.25, -0.2) is 0 Å². The van der Waals surface area contributed by atoms with Crippen LogP contribution in [0.5, 0.6) is 0 Å². The summed E-state index contributed by atoms with van der Waals surface area (Å²) in [6.07, 6.45) is 1.56. The molecule has 1 heterocycles. The van der Waals surface area contributed by atoms with Crippen LogP contribution in [0.4, 0.5) is 0 Å². The fourth-order valence-electron chi connectivity index (χ4n) is 2.12. The van der Waals surface area contributed by atoms with Crippen LogP contribution in [0.25, 0.3) is 0 Å². The number of aromatic nitrogens is 1. The Hall–Kier alpha value is -1.13. The van der Waals surface area contributed by atoms with Gasteiger partial charge in [-0.1, -0.05) is 0 Å². The molecule has 1 rings (SSSR count). The molecule has 0 aromatic carbocycles.